The van der Waals surface area contributed by atoms with Crippen LogP contribution in [0.15, 0.2) is 49.1 Å². The maximum atomic E-state index is 12.7. The minimum Gasteiger partial charge on any atom is -0.371 e. The molecule has 5 aromatic heterocycles. The number of anilines is 2. The minimum absolute atomic E-state index is 0.0303. The molecule has 0 radical (unpaired) electrons. The summed E-state index contributed by atoms with van der Waals surface area (Å²) in [5.74, 6) is 0.458. The van der Waals surface area contributed by atoms with E-state index in [1.165, 1.54) is 24.9 Å². The van der Waals surface area contributed by atoms with Crippen LogP contribution < -0.4 is 15.5 Å². The van der Waals surface area contributed by atoms with Gasteiger partial charge in [0.1, 0.15) is 11.3 Å². The number of aromatic amines is 2. The van der Waals surface area contributed by atoms with E-state index in [0.29, 0.717) is 18.0 Å². The second kappa shape index (κ2) is 10.7. The zero-order valence-electron chi connectivity index (χ0n) is 22.4. The van der Waals surface area contributed by atoms with Gasteiger partial charge >= 0.3 is 0 Å². The molecule has 204 valence electrons. The lowest BCUT2D eigenvalue weighted by atomic mass is 9.94. The molecule has 7 heterocycles. The van der Waals surface area contributed by atoms with Gasteiger partial charge in [-0.3, -0.25) is 19.9 Å². The maximum absolute atomic E-state index is 12.7. The molecule has 0 aliphatic carbocycles. The van der Waals surface area contributed by atoms with Crippen molar-refractivity contribution in [3.8, 4) is 22.6 Å². The second-order valence-electron chi connectivity index (χ2n) is 10.9. The predicted octanol–water partition coefficient (Wildman–Crippen LogP) is 4.88. The van der Waals surface area contributed by atoms with Crippen molar-refractivity contribution in [2.24, 2.45) is 5.92 Å². The fourth-order valence-corrected chi connectivity index (χ4v) is 6.04. The molecule has 10 nitrogen and oxygen atoms in total. The molecule has 0 unspecified atom stereocenters. The van der Waals surface area contributed by atoms with Crippen LogP contribution in [0, 0.1) is 5.92 Å². The summed E-state index contributed by atoms with van der Waals surface area (Å²) in [4.78, 5) is 32.3. The van der Waals surface area contributed by atoms with Crippen molar-refractivity contribution >= 4 is 39.2 Å². The van der Waals surface area contributed by atoms with E-state index in [-0.39, 0.29) is 5.91 Å². The van der Waals surface area contributed by atoms with E-state index in [4.69, 9.17) is 0 Å². The third-order valence-corrected chi connectivity index (χ3v) is 8.16. The molecule has 0 spiro atoms. The number of rotatable bonds is 6. The van der Waals surface area contributed by atoms with E-state index >= 15 is 0 Å². The van der Waals surface area contributed by atoms with Crippen molar-refractivity contribution in [1.82, 2.24) is 35.5 Å². The Balaban J connectivity index is 1.17. The van der Waals surface area contributed by atoms with Crippen molar-refractivity contribution in [2.45, 2.75) is 38.5 Å². The molecule has 2 aliphatic rings. The van der Waals surface area contributed by atoms with Crippen molar-refractivity contribution in [3.05, 3.63) is 49.1 Å². The van der Waals surface area contributed by atoms with E-state index in [1.54, 1.807) is 18.6 Å². The zero-order valence-corrected chi connectivity index (χ0v) is 22.4. The molecule has 0 bridgehead atoms. The first-order valence-corrected chi connectivity index (χ1v) is 14.2. The number of pyridine rings is 3. The number of piperidine rings is 2. The molecule has 5 aromatic rings. The van der Waals surface area contributed by atoms with Gasteiger partial charge in [0, 0.05) is 53.9 Å². The van der Waals surface area contributed by atoms with Crippen molar-refractivity contribution in [1.29, 1.82) is 0 Å². The Morgan fingerprint density at radius 1 is 1.00 bits per heavy atom. The van der Waals surface area contributed by atoms with Crippen LogP contribution in [-0.2, 0) is 4.79 Å². The first-order valence-electron chi connectivity index (χ1n) is 14.2. The number of H-pyrrole nitrogens is 2. The molecule has 40 heavy (non-hydrogen) atoms. The lowest BCUT2D eigenvalue weighted by Gasteiger charge is -2.29. The number of carbonyl (C=O) groups excluding carboxylic acids is 1. The lowest BCUT2D eigenvalue weighted by molar-refractivity contribution is -0.117. The van der Waals surface area contributed by atoms with Gasteiger partial charge in [0.25, 0.3) is 0 Å². The van der Waals surface area contributed by atoms with E-state index in [1.807, 2.05) is 18.3 Å². The zero-order chi connectivity index (χ0) is 26.9. The van der Waals surface area contributed by atoms with Gasteiger partial charge < -0.3 is 20.5 Å². The molecular formula is C30H33N9O. The van der Waals surface area contributed by atoms with E-state index in [0.717, 1.165) is 83.6 Å². The van der Waals surface area contributed by atoms with Crippen LogP contribution in [0.2, 0.25) is 0 Å². The summed E-state index contributed by atoms with van der Waals surface area (Å²) >= 11 is 0. The molecule has 0 saturated carbocycles. The molecule has 0 aromatic carbocycles. The summed E-state index contributed by atoms with van der Waals surface area (Å²) in [6, 6.07) is 8.22. The third-order valence-electron chi connectivity index (χ3n) is 8.16. The van der Waals surface area contributed by atoms with Gasteiger partial charge in [0.05, 0.1) is 35.0 Å². The van der Waals surface area contributed by atoms with Gasteiger partial charge in [-0.2, -0.15) is 5.10 Å². The predicted molar refractivity (Wildman–Crippen MR) is 157 cm³/mol. The van der Waals surface area contributed by atoms with Gasteiger partial charge in [0.15, 0.2) is 0 Å². The topological polar surface area (TPSA) is 128 Å². The standard InChI is InChI=1S/C30H33N9O/c40-28(12-19-4-7-31-8-5-19)35-21-13-20(16-32-17-21)24-14-22-26(18-34-24)37-38-29(22)25-15-23-27(6-9-33-30(23)36-25)39-10-2-1-3-11-39/h6,9,13-19,31H,1-5,7-8,10-12H2,(H,33,36)(H,35,40)(H,37,38). The average Bonchev–Trinajstić information content (AvgIpc) is 3.62. The van der Waals surface area contributed by atoms with Crippen LogP contribution in [0.5, 0.6) is 0 Å². The number of hydrogen-bond donors (Lipinski definition) is 4. The van der Waals surface area contributed by atoms with Crippen molar-refractivity contribution in [3.63, 3.8) is 0 Å². The average molecular weight is 536 g/mol. The van der Waals surface area contributed by atoms with E-state index in [9.17, 15) is 4.79 Å². The van der Waals surface area contributed by atoms with Gasteiger partial charge in [-0.15, -0.1) is 0 Å². The molecule has 2 aliphatic heterocycles. The minimum atomic E-state index is 0.0303. The monoisotopic (exact) mass is 535 g/mol. The summed E-state index contributed by atoms with van der Waals surface area (Å²) in [7, 11) is 0. The summed E-state index contributed by atoms with van der Waals surface area (Å²) in [5, 5.41) is 16.2. The molecular weight excluding hydrogens is 502 g/mol. The fourth-order valence-electron chi connectivity index (χ4n) is 6.04. The van der Waals surface area contributed by atoms with Gasteiger partial charge in [-0.25, -0.2) is 4.98 Å². The summed E-state index contributed by atoms with van der Waals surface area (Å²) in [5.41, 5.74) is 6.94. The maximum Gasteiger partial charge on any atom is 0.224 e. The number of nitrogens with one attached hydrogen (secondary N) is 4. The molecule has 1 amide bonds. The Morgan fingerprint density at radius 3 is 2.75 bits per heavy atom. The largest absolute Gasteiger partial charge is 0.371 e. The summed E-state index contributed by atoms with van der Waals surface area (Å²) in [6.07, 6.45) is 13.5. The fraction of sp³-hybridized carbons (Fsp3) is 0.367. The van der Waals surface area contributed by atoms with Crippen LogP contribution >= 0.6 is 0 Å². The Kier molecular flexibility index (Phi) is 6.60. The van der Waals surface area contributed by atoms with Crippen molar-refractivity contribution in [2.75, 3.05) is 36.4 Å². The molecule has 7 rings (SSSR count). The van der Waals surface area contributed by atoms with E-state index < -0.39 is 0 Å². The van der Waals surface area contributed by atoms with Crippen LogP contribution in [0.3, 0.4) is 0 Å². The highest BCUT2D eigenvalue weighted by molar-refractivity contribution is 5.99. The number of fused-ring (bicyclic) bond motifs is 2. The third kappa shape index (κ3) is 4.90. The Bertz CT molecular complexity index is 1660. The van der Waals surface area contributed by atoms with Gasteiger partial charge in [-0.05, 0) is 75.4 Å². The van der Waals surface area contributed by atoms with Crippen LogP contribution in [-0.4, -0.2) is 62.2 Å². The first kappa shape index (κ1) is 24.7. The van der Waals surface area contributed by atoms with Gasteiger partial charge in [-0.1, -0.05) is 0 Å². The molecule has 10 heteroatoms. The highest BCUT2D eigenvalue weighted by atomic mass is 16.1. The Hall–Kier alpha value is -4.31. The highest BCUT2D eigenvalue weighted by Gasteiger charge is 2.19. The van der Waals surface area contributed by atoms with Gasteiger partial charge in [0.2, 0.25) is 5.91 Å². The number of carbonyl (C=O) groups is 1. The van der Waals surface area contributed by atoms with Crippen LogP contribution in [0.1, 0.15) is 38.5 Å². The summed E-state index contributed by atoms with van der Waals surface area (Å²) < 4.78 is 0. The highest BCUT2D eigenvalue weighted by Crippen LogP contribution is 2.34. The first-order chi connectivity index (χ1) is 19.7. The second-order valence-corrected chi connectivity index (χ2v) is 10.9. The number of hydrogen-bond acceptors (Lipinski definition) is 7. The SMILES string of the molecule is O=C(CC1CCNCC1)Nc1cncc(-c2cc3c(-c4cc5c(N6CCCCC6)ccnc5[nH]4)n[nH]c3cn2)c1. The van der Waals surface area contributed by atoms with Crippen molar-refractivity contribution < 1.29 is 4.79 Å². The van der Waals surface area contributed by atoms with Crippen LogP contribution in [0.4, 0.5) is 11.4 Å². The normalized spacial score (nSPS) is 16.6. The Morgan fingerprint density at radius 2 is 1.88 bits per heavy atom. The quantitative estimate of drug-likeness (QED) is 0.244. The summed E-state index contributed by atoms with van der Waals surface area (Å²) in [6.45, 7) is 4.11. The molecule has 2 fully saturated rings. The smallest absolute Gasteiger partial charge is 0.224 e. The Labute approximate surface area is 232 Å². The molecule has 2 saturated heterocycles. The lowest BCUT2D eigenvalue weighted by Crippen LogP contribution is -2.30. The molecule has 4 N–H and O–H groups in total. The number of aromatic nitrogens is 6. The number of amides is 1. The molecule has 0 atom stereocenters. The van der Waals surface area contributed by atoms with E-state index in [2.05, 4.69) is 57.8 Å². The number of nitrogens with zero attached hydrogens (tertiary/aromatic N) is 5. The van der Waals surface area contributed by atoms with Crippen LogP contribution in [0.25, 0.3) is 44.6 Å².